The number of nitrogens with zero attached hydrogens (tertiary/aromatic N) is 4. The van der Waals surface area contributed by atoms with Crippen LogP contribution in [-0.2, 0) is 4.79 Å². The van der Waals surface area contributed by atoms with Crippen LogP contribution in [0.5, 0.6) is 0 Å². The van der Waals surface area contributed by atoms with E-state index in [1.54, 1.807) is 24.8 Å². The molecule has 2 aromatic rings. The second-order valence-electron chi connectivity index (χ2n) is 3.70. The van der Waals surface area contributed by atoms with Gasteiger partial charge in [-0.3, -0.25) is 4.79 Å². The maximum absolute atomic E-state index is 11.4. The molecule has 0 fully saturated rings. The lowest BCUT2D eigenvalue weighted by Gasteiger charge is -2.09. The number of pyridine rings is 1. The molecule has 0 aliphatic carbocycles. The van der Waals surface area contributed by atoms with Crippen LogP contribution in [0.2, 0.25) is 0 Å². The first-order chi connectivity index (χ1) is 8.08. The Bertz CT molecular complexity index is 551. The number of halogens is 1. The molecule has 7 heteroatoms. The number of rotatable bonds is 3. The van der Waals surface area contributed by atoms with Crippen LogP contribution in [-0.4, -0.2) is 46.0 Å². The minimum absolute atomic E-state index is 0.0251. The number of carbonyl (C=O) groups is 1. The van der Waals surface area contributed by atoms with Crippen molar-refractivity contribution in [2.45, 2.75) is 0 Å². The highest BCUT2D eigenvalue weighted by Gasteiger charge is 2.08. The van der Waals surface area contributed by atoms with Gasteiger partial charge in [0.05, 0.1) is 11.0 Å². The summed E-state index contributed by atoms with van der Waals surface area (Å²) >= 11 is 3.39. The van der Waals surface area contributed by atoms with Gasteiger partial charge in [0, 0.05) is 20.3 Å². The van der Waals surface area contributed by atoms with Crippen LogP contribution >= 0.6 is 15.9 Å². The molecule has 0 saturated carbocycles. The van der Waals surface area contributed by atoms with Gasteiger partial charge in [0.1, 0.15) is 0 Å². The van der Waals surface area contributed by atoms with Crippen molar-refractivity contribution in [1.82, 2.24) is 19.5 Å². The number of amides is 1. The Morgan fingerprint density at radius 3 is 3.00 bits per heavy atom. The molecule has 0 aliphatic rings. The van der Waals surface area contributed by atoms with Crippen molar-refractivity contribution in [3.8, 4) is 0 Å². The van der Waals surface area contributed by atoms with Crippen LogP contribution in [0.25, 0.3) is 5.65 Å². The normalized spacial score (nSPS) is 10.5. The van der Waals surface area contributed by atoms with Crippen LogP contribution in [0, 0.1) is 0 Å². The highest BCUT2D eigenvalue weighted by Crippen LogP contribution is 2.16. The molecule has 0 atom stereocenters. The van der Waals surface area contributed by atoms with Crippen molar-refractivity contribution in [3.63, 3.8) is 0 Å². The van der Waals surface area contributed by atoms with E-state index in [0.29, 0.717) is 11.6 Å². The predicted octanol–water partition coefficient (Wildman–Crippen LogP) is 0.992. The average molecular weight is 298 g/mol. The number of fused-ring (bicyclic) bond motifs is 1. The predicted molar refractivity (Wildman–Crippen MR) is 67.9 cm³/mol. The fraction of sp³-hybridized carbons (Fsp3) is 0.300. The molecule has 1 amide bonds. The molecule has 1 N–H and O–H groups in total. The van der Waals surface area contributed by atoms with E-state index in [9.17, 15) is 4.79 Å². The molecule has 0 bridgehead atoms. The summed E-state index contributed by atoms with van der Waals surface area (Å²) in [5.41, 5.74) is 0.715. The first-order valence-electron chi connectivity index (χ1n) is 5.03. The second-order valence-corrected chi connectivity index (χ2v) is 4.56. The molecule has 0 aromatic carbocycles. The standard InChI is InChI=1S/C10H12BrN5O/c1-15(2)8(17)6-12-10-13-9-7(11)4-3-5-16(9)14-10/h3-5H,6H2,1-2H3,(H,12,14). The van der Waals surface area contributed by atoms with E-state index in [0.717, 1.165) is 4.47 Å². The summed E-state index contributed by atoms with van der Waals surface area (Å²) in [5, 5.41) is 7.09. The zero-order valence-corrected chi connectivity index (χ0v) is 11.1. The number of nitrogens with one attached hydrogen (secondary N) is 1. The third-order valence-corrected chi connectivity index (χ3v) is 2.83. The number of hydrogen-bond donors (Lipinski definition) is 1. The molecular weight excluding hydrogens is 286 g/mol. The topological polar surface area (TPSA) is 62.5 Å². The van der Waals surface area contributed by atoms with Crippen molar-refractivity contribution in [2.75, 3.05) is 26.0 Å². The molecule has 0 radical (unpaired) electrons. The SMILES string of the molecule is CN(C)C(=O)CNc1nc2c(Br)cccn2n1. The van der Waals surface area contributed by atoms with Gasteiger partial charge in [-0.2, -0.15) is 4.98 Å². The van der Waals surface area contributed by atoms with Gasteiger partial charge in [-0.05, 0) is 28.1 Å². The Labute approximate surface area is 107 Å². The smallest absolute Gasteiger partial charge is 0.243 e. The molecule has 2 rings (SSSR count). The lowest BCUT2D eigenvalue weighted by molar-refractivity contribution is -0.126. The Balaban J connectivity index is 2.15. The fourth-order valence-electron chi connectivity index (χ4n) is 1.26. The zero-order chi connectivity index (χ0) is 12.4. The summed E-state index contributed by atoms with van der Waals surface area (Å²) in [6.07, 6.45) is 1.80. The van der Waals surface area contributed by atoms with Crippen molar-refractivity contribution < 1.29 is 4.79 Å². The number of likely N-dealkylation sites (N-methyl/N-ethyl adjacent to an activating group) is 1. The molecule has 0 spiro atoms. The molecule has 0 unspecified atom stereocenters. The number of carbonyl (C=O) groups excluding carboxylic acids is 1. The zero-order valence-electron chi connectivity index (χ0n) is 9.51. The van der Waals surface area contributed by atoms with Crippen LogP contribution in [0.1, 0.15) is 0 Å². The largest absolute Gasteiger partial charge is 0.347 e. The van der Waals surface area contributed by atoms with Crippen LogP contribution in [0.4, 0.5) is 5.95 Å². The van der Waals surface area contributed by atoms with Crippen LogP contribution in [0.15, 0.2) is 22.8 Å². The molecule has 6 nitrogen and oxygen atoms in total. The molecule has 0 aliphatic heterocycles. The highest BCUT2D eigenvalue weighted by atomic mass is 79.9. The minimum atomic E-state index is -0.0251. The van der Waals surface area contributed by atoms with Crippen LogP contribution in [0.3, 0.4) is 0 Å². The third-order valence-electron chi connectivity index (χ3n) is 2.21. The van der Waals surface area contributed by atoms with Gasteiger partial charge in [-0.15, -0.1) is 5.10 Å². The van der Waals surface area contributed by atoms with E-state index in [1.165, 1.54) is 4.90 Å². The van der Waals surface area contributed by atoms with Crippen LogP contribution < -0.4 is 5.32 Å². The molecule has 2 aromatic heterocycles. The first-order valence-corrected chi connectivity index (χ1v) is 5.82. The van der Waals surface area contributed by atoms with E-state index in [1.807, 2.05) is 12.1 Å². The summed E-state index contributed by atoms with van der Waals surface area (Å²) in [4.78, 5) is 17.2. The minimum Gasteiger partial charge on any atom is -0.347 e. The average Bonchev–Trinajstić information content (AvgIpc) is 2.70. The van der Waals surface area contributed by atoms with E-state index in [-0.39, 0.29) is 12.5 Å². The van der Waals surface area contributed by atoms with Crippen molar-refractivity contribution in [2.24, 2.45) is 0 Å². The van der Waals surface area contributed by atoms with Crippen molar-refractivity contribution in [3.05, 3.63) is 22.8 Å². The van der Waals surface area contributed by atoms with E-state index >= 15 is 0 Å². The van der Waals surface area contributed by atoms with Gasteiger partial charge in [-0.1, -0.05) is 0 Å². The van der Waals surface area contributed by atoms with Crippen molar-refractivity contribution >= 4 is 33.4 Å². The van der Waals surface area contributed by atoms with E-state index < -0.39 is 0 Å². The fourth-order valence-corrected chi connectivity index (χ4v) is 1.68. The molecule has 17 heavy (non-hydrogen) atoms. The quantitative estimate of drug-likeness (QED) is 0.918. The summed E-state index contributed by atoms with van der Waals surface area (Å²) in [5.74, 6) is 0.412. The Hall–Kier alpha value is -1.63. The first kappa shape index (κ1) is 11.8. The van der Waals surface area contributed by atoms with Gasteiger partial charge in [-0.25, -0.2) is 4.52 Å². The Kier molecular flexibility index (Phi) is 3.28. The maximum atomic E-state index is 11.4. The molecule has 90 valence electrons. The number of hydrogen-bond acceptors (Lipinski definition) is 4. The van der Waals surface area contributed by atoms with Gasteiger partial charge in [0.2, 0.25) is 11.9 Å². The summed E-state index contributed by atoms with van der Waals surface area (Å²) < 4.78 is 2.51. The molecule has 0 saturated heterocycles. The van der Waals surface area contributed by atoms with Gasteiger partial charge in [0.15, 0.2) is 5.65 Å². The summed E-state index contributed by atoms with van der Waals surface area (Å²) in [7, 11) is 3.41. The molecule has 2 heterocycles. The van der Waals surface area contributed by atoms with E-state index in [2.05, 4.69) is 31.3 Å². The van der Waals surface area contributed by atoms with Gasteiger partial charge >= 0.3 is 0 Å². The highest BCUT2D eigenvalue weighted by molar-refractivity contribution is 9.10. The third kappa shape index (κ3) is 2.55. The maximum Gasteiger partial charge on any atom is 0.243 e. The Morgan fingerprint density at radius 2 is 2.35 bits per heavy atom. The van der Waals surface area contributed by atoms with Crippen molar-refractivity contribution in [1.29, 1.82) is 0 Å². The summed E-state index contributed by atoms with van der Waals surface area (Å²) in [6.45, 7) is 0.182. The summed E-state index contributed by atoms with van der Waals surface area (Å²) in [6, 6.07) is 3.75. The number of aromatic nitrogens is 3. The van der Waals surface area contributed by atoms with Gasteiger partial charge < -0.3 is 10.2 Å². The monoisotopic (exact) mass is 297 g/mol. The lowest BCUT2D eigenvalue weighted by Crippen LogP contribution is -2.28. The van der Waals surface area contributed by atoms with E-state index in [4.69, 9.17) is 0 Å². The second kappa shape index (κ2) is 4.70. The molecular formula is C10H12BrN5O. The Morgan fingerprint density at radius 1 is 1.59 bits per heavy atom. The van der Waals surface area contributed by atoms with Gasteiger partial charge in [0.25, 0.3) is 0 Å². The lowest BCUT2D eigenvalue weighted by atomic mass is 10.5. The number of anilines is 1.